The van der Waals surface area contributed by atoms with Crippen molar-refractivity contribution in [2.75, 3.05) is 31.1 Å². The average Bonchev–Trinajstić information content (AvgIpc) is 2.74. The average molecular weight is 390 g/mol. The van der Waals surface area contributed by atoms with E-state index in [2.05, 4.69) is 47.1 Å². The molecule has 0 aliphatic carbocycles. The lowest BCUT2D eigenvalue weighted by Crippen LogP contribution is -2.49. The first-order valence-corrected chi connectivity index (χ1v) is 9.72. The van der Waals surface area contributed by atoms with Gasteiger partial charge in [0, 0.05) is 37.3 Å². The van der Waals surface area contributed by atoms with Gasteiger partial charge in [0.25, 0.3) is 5.91 Å². The molecule has 1 aliphatic heterocycles. The minimum Gasteiger partial charge on any atom is -0.352 e. The molecule has 1 aliphatic rings. The SMILES string of the molecule is Cc1ccc(-c2ccc(N3CCN(C(=O)c4ccc(F)cc4)CC3)nn2)c(C)c1. The lowest BCUT2D eigenvalue weighted by atomic mass is 10.0. The Labute approximate surface area is 169 Å². The van der Waals surface area contributed by atoms with E-state index >= 15 is 0 Å². The van der Waals surface area contributed by atoms with E-state index < -0.39 is 0 Å². The molecule has 4 rings (SSSR count). The molecule has 29 heavy (non-hydrogen) atoms. The number of hydrogen-bond acceptors (Lipinski definition) is 4. The summed E-state index contributed by atoms with van der Waals surface area (Å²) in [7, 11) is 0. The molecular weight excluding hydrogens is 367 g/mol. The number of anilines is 1. The maximum absolute atomic E-state index is 13.1. The van der Waals surface area contributed by atoms with Gasteiger partial charge in [0.1, 0.15) is 5.82 Å². The van der Waals surface area contributed by atoms with Gasteiger partial charge >= 0.3 is 0 Å². The van der Waals surface area contributed by atoms with Crippen LogP contribution in [0.25, 0.3) is 11.3 Å². The fourth-order valence-corrected chi connectivity index (χ4v) is 3.65. The van der Waals surface area contributed by atoms with E-state index in [1.54, 1.807) is 4.90 Å². The minimum absolute atomic E-state index is 0.0686. The predicted molar refractivity (Wildman–Crippen MR) is 111 cm³/mol. The molecule has 3 aromatic rings. The van der Waals surface area contributed by atoms with Crippen LogP contribution in [0.3, 0.4) is 0 Å². The maximum Gasteiger partial charge on any atom is 0.253 e. The summed E-state index contributed by atoms with van der Waals surface area (Å²) in [4.78, 5) is 16.5. The molecule has 0 atom stereocenters. The Hall–Kier alpha value is -3.28. The van der Waals surface area contributed by atoms with Crippen LogP contribution >= 0.6 is 0 Å². The number of amides is 1. The van der Waals surface area contributed by atoms with Crippen molar-refractivity contribution in [3.8, 4) is 11.3 Å². The first kappa shape index (κ1) is 19.1. The van der Waals surface area contributed by atoms with Gasteiger partial charge in [-0.3, -0.25) is 4.79 Å². The van der Waals surface area contributed by atoms with Gasteiger partial charge in [-0.15, -0.1) is 10.2 Å². The quantitative estimate of drug-likeness (QED) is 0.681. The number of aromatic nitrogens is 2. The van der Waals surface area contributed by atoms with E-state index in [1.807, 2.05) is 12.1 Å². The van der Waals surface area contributed by atoms with Crippen molar-refractivity contribution in [3.63, 3.8) is 0 Å². The Kier molecular flexibility index (Phi) is 5.25. The summed E-state index contributed by atoms with van der Waals surface area (Å²) in [5.74, 6) is 0.405. The van der Waals surface area contributed by atoms with Crippen LogP contribution in [0.4, 0.5) is 10.2 Å². The Morgan fingerprint density at radius 3 is 2.24 bits per heavy atom. The van der Waals surface area contributed by atoms with Gasteiger partial charge < -0.3 is 9.80 Å². The van der Waals surface area contributed by atoms with Crippen LogP contribution in [-0.2, 0) is 0 Å². The lowest BCUT2D eigenvalue weighted by molar-refractivity contribution is 0.0746. The highest BCUT2D eigenvalue weighted by atomic mass is 19.1. The third-order valence-corrected chi connectivity index (χ3v) is 5.29. The molecule has 148 valence electrons. The van der Waals surface area contributed by atoms with Crippen molar-refractivity contribution in [2.24, 2.45) is 0 Å². The monoisotopic (exact) mass is 390 g/mol. The minimum atomic E-state index is -0.339. The van der Waals surface area contributed by atoms with Gasteiger partial charge in [-0.05, 0) is 55.8 Å². The standard InChI is InChI=1S/C23H23FN4O/c1-16-3-8-20(17(2)15-16)21-9-10-22(26-25-21)27-11-13-28(14-12-27)23(29)18-4-6-19(24)7-5-18/h3-10,15H,11-14H2,1-2H3. The van der Waals surface area contributed by atoms with Gasteiger partial charge in [0.15, 0.2) is 5.82 Å². The van der Waals surface area contributed by atoms with Crippen molar-refractivity contribution < 1.29 is 9.18 Å². The Bertz CT molecular complexity index is 1010. The van der Waals surface area contributed by atoms with Crippen molar-refractivity contribution in [2.45, 2.75) is 13.8 Å². The van der Waals surface area contributed by atoms with E-state index in [1.165, 1.54) is 35.4 Å². The number of benzene rings is 2. The second-order valence-corrected chi connectivity index (χ2v) is 7.38. The summed E-state index contributed by atoms with van der Waals surface area (Å²) in [6, 6.07) is 16.0. The zero-order valence-electron chi connectivity index (χ0n) is 16.6. The van der Waals surface area contributed by atoms with Crippen LogP contribution in [0.2, 0.25) is 0 Å². The Balaban J connectivity index is 1.41. The molecule has 0 radical (unpaired) electrons. The molecule has 6 heteroatoms. The zero-order chi connectivity index (χ0) is 20.4. The normalized spacial score (nSPS) is 14.2. The first-order chi connectivity index (χ1) is 14.0. The molecule has 0 unspecified atom stereocenters. The number of rotatable bonds is 3. The number of nitrogens with zero attached hydrogens (tertiary/aromatic N) is 4. The second-order valence-electron chi connectivity index (χ2n) is 7.38. The second kappa shape index (κ2) is 7.99. The van der Waals surface area contributed by atoms with Crippen molar-refractivity contribution in [3.05, 3.63) is 77.1 Å². The van der Waals surface area contributed by atoms with E-state index in [9.17, 15) is 9.18 Å². The highest BCUT2D eigenvalue weighted by Crippen LogP contribution is 2.23. The molecule has 2 aromatic carbocycles. The maximum atomic E-state index is 13.1. The molecule has 2 heterocycles. The van der Waals surface area contributed by atoms with E-state index in [4.69, 9.17) is 0 Å². The third-order valence-electron chi connectivity index (χ3n) is 5.29. The molecule has 0 N–H and O–H groups in total. The summed E-state index contributed by atoms with van der Waals surface area (Å²) in [6.07, 6.45) is 0. The van der Waals surface area contributed by atoms with Gasteiger partial charge in [-0.2, -0.15) is 0 Å². The fraction of sp³-hybridized carbons (Fsp3) is 0.261. The van der Waals surface area contributed by atoms with Crippen LogP contribution in [-0.4, -0.2) is 47.2 Å². The molecule has 0 spiro atoms. The zero-order valence-corrected chi connectivity index (χ0v) is 16.6. The lowest BCUT2D eigenvalue weighted by Gasteiger charge is -2.35. The number of carbonyl (C=O) groups excluding carboxylic acids is 1. The van der Waals surface area contributed by atoms with Crippen LogP contribution in [0.15, 0.2) is 54.6 Å². The smallest absolute Gasteiger partial charge is 0.253 e. The Morgan fingerprint density at radius 1 is 0.897 bits per heavy atom. The van der Waals surface area contributed by atoms with Crippen molar-refractivity contribution in [1.29, 1.82) is 0 Å². The first-order valence-electron chi connectivity index (χ1n) is 9.72. The number of aryl methyl sites for hydroxylation is 2. The number of piperazine rings is 1. The third kappa shape index (κ3) is 4.11. The predicted octanol–water partition coefficient (Wildman–Crippen LogP) is 3.86. The largest absolute Gasteiger partial charge is 0.352 e. The topological polar surface area (TPSA) is 49.3 Å². The van der Waals surface area contributed by atoms with Gasteiger partial charge in [-0.25, -0.2) is 4.39 Å². The molecule has 0 bridgehead atoms. The van der Waals surface area contributed by atoms with Crippen molar-refractivity contribution in [1.82, 2.24) is 15.1 Å². The highest BCUT2D eigenvalue weighted by Gasteiger charge is 2.23. The molecule has 1 fully saturated rings. The summed E-state index contributed by atoms with van der Waals surface area (Å²) in [6.45, 7) is 6.71. The number of halogens is 1. The summed E-state index contributed by atoms with van der Waals surface area (Å²) >= 11 is 0. The molecule has 1 saturated heterocycles. The Morgan fingerprint density at radius 2 is 1.62 bits per heavy atom. The van der Waals surface area contributed by atoms with Gasteiger partial charge in [0.2, 0.25) is 0 Å². The van der Waals surface area contributed by atoms with Crippen molar-refractivity contribution >= 4 is 11.7 Å². The number of hydrogen-bond donors (Lipinski definition) is 0. The van der Waals surface area contributed by atoms with Crippen LogP contribution in [0.1, 0.15) is 21.5 Å². The molecule has 0 saturated carbocycles. The molecular formula is C23H23FN4O. The molecule has 5 nitrogen and oxygen atoms in total. The van der Waals surface area contributed by atoms with Gasteiger partial charge in [-0.1, -0.05) is 23.8 Å². The van der Waals surface area contributed by atoms with Crippen LogP contribution < -0.4 is 4.90 Å². The highest BCUT2D eigenvalue weighted by molar-refractivity contribution is 5.94. The summed E-state index contributed by atoms with van der Waals surface area (Å²) in [5, 5.41) is 8.83. The molecule has 1 aromatic heterocycles. The van der Waals surface area contributed by atoms with E-state index in [0.717, 1.165) is 17.1 Å². The van der Waals surface area contributed by atoms with Gasteiger partial charge in [0.05, 0.1) is 5.69 Å². The fourth-order valence-electron chi connectivity index (χ4n) is 3.65. The van der Waals surface area contributed by atoms with E-state index in [0.29, 0.717) is 31.7 Å². The van der Waals surface area contributed by atoms with Crippen LogP contribution in [0, 0.1) is 19.7 Å². The number of carbonyl (C=O) groups is 1. The summed E-state index contributed by atoms with van der Waals surface area (Å²) < 4.78 is 13.1. The van der Waals surface area contributed by atoms with Crippen LogP contribution in [0.5, 0.6) is 0 Å². The molecule has 1 amide bonds. The summed E-state index contributed by atoms with van der Waals surface area (Å²) in [5.41, 5.74) is 4.86. The van der Waals surface area contributed by atoms with E-state index in [-0.39, 0.29) is 11.7 Å².